The van der Waals surface area contributed by atoms with E-state index in [4.69, 9.17) is 4.52 Å². The molecular formula is C17H18N4O2S. The molecule has 0 unspecified atom stereocenters. The number of aromatic nitrogens is 3. The summed E-state index contributed by atoms with van der Waals surface area (Å²) in [6.07, 6.45) is 0.652. The van der Waals surface area contributed by atoms with Crippen molar-refractivity contribution < 1.29 is 9.32 Å². The Morgan fingerprint density at radius 3 is 2.75 bits per heavy atom. The summed E-state index contributed by atoms with van der Waals surface area (Å²) in [5.41, 5.74) is 1.16. The molecular weight excluding hydrogens is 324 g/mol. The molecule has 0 spiro atoms. The third-order valence-corrected chi connectivity index (χ3v) is 4.69. The van der Waals surface area contributed by atoms with E-state index >= 15 is 0 Å². The van der Waals surface area contributed by atoms with Crippen LogP contribution in [0.15, 0.2) is 40.9 Å². The van der Waals surface area contributed by atoms with Crippen LogP contribution in [0.2, 0.25) is 0 Å². The van der Waals surface area contributed by atoms with Gasteiger partial charge in [-0.2, -0.15) is 0 Å². The van der Waals surface area contributed by atoms with Crippen LogP contribution in [0.1, 0.15) is 40.3 Å². The molecule has 0 aliphatic carbocycles. The van der Waals surface area contributed by atoms with E-state index < -0.39 is 0 Å². The second-order valence-corrected chi connectivity index (χ2v) is 6.73. The molecule has 2 aromatic heterocycles. The molecule has 6 nitrogen and oxygen atoms in total. The highest BCUT2D eigenvalue weighted by Gasteiger charge is 2.14. The van der Waals surface area contributed by atoms with Crippen molar-refractivity contribution in [1.29, 1.82) is 0 Å². The Balaban J connectivity index is 1.54. The maximum atomic E-state index is 12.1. The zero-order valence-electron chi connectivity index (χ0n) is 13.5. The summed E-state index contributed by atoms with van der Waals surface area (Å²) >= 11 is 1.58. The Morgan fingerprint density at radius 1 is 1.25 bits per heavy atom. The standard InChI is InChI=1S/C17H18N4O2S/c1-11(2)17-20-19-15(24-17)8-9-18-16(22)13-10-14(23-21-13)12-6-4-3-5-7-12/h3-7,10-11H,8-9H2,1-2H3,(H,18,22). The molecule has 0 radical (unpaired) electrons. The van der Waals surface area contributed by atoms with E-state index in [1.54, 1.807) is 17.4 Å². The Hall–Kier alpha value is -2.54. The van der Waals surface area contributed by atoms with Crippen molar-refractivity contribution in [2.45, 2.75) is 26.2 Å². The summed E-state index contributed by atoms with van der Waals surface area (Å²) < 4.78 is 5.23. The average molecular weight is 342 g/mol. The minimum atomic E-state index is -0.255. The quantitative estimate of drug-likeness (QED) is 0.743. The van der Waals surface area contributed by atoms with Gasteiger partial charge in [0.05, 0.1) is 0 Å². The summed E-state index contributed by atoms with van der Waals surface area (Å²) in [4.78, 5) is 12.1. The molecule has 24 heavy (non-hydrogen) atoms. The van der Waals surface area contributed by atoms with E-state index in [9.17, 15) is 4.79 Å². The number of hydrogen-bond acceptors (Lipinski definition) is 6. The second-order valence-electron chi connectivity index (χ2n) is 5.64. The van der Waals surface area contributed by atoms with Gasteiger partial charge in [0.1, 0.15) is 10.0 Å². The SMILES string of the molecule is CC(C)c1nnc(CCNC(=O)c2cc(-c3ccccc3)on2)s1. The molecule has 0 atom stereocenters. The van der Waals surface area contributed by atoms with Gasteiger partial charge in [-0.25, -0.2) is 0 Å². The topological polar surface area (TPSA) is 80.9 Å². The van der Waals surface area contributed by atoms with Crippen molar-refractivity contribution in [2.75, 3.05) is 6.54 Å². The first kappa shape index (κ1) is 16.3. The molecule has 3 rings (SSSR count). The first-order chi connectivity index (χ1) is 11.6. The molecule has 1 amide bonds. The number of carbonyl (C=O) groups is 1. The van der Waals surface area contributed by atoms with Gasteiger partial charge >= 0.3 is 0 Å². The van der Waals surface area contributed by atoms with Crippen molar-refractivity contribution in [3.05, 3.63) is 52.1 Å². The molecule has 3 aromatic rings. The van der Waals surface area contributed by atoms with Crippen molar-refractivity contribution in [3.63, 3.8) is 0 Å². The predicted octanol–water partition coefficient (Wildman–Crippen LogP) is 3.29. The van der Waals surface area contributed by atoms with E-state index in [2.05, 4.69) is 34.5 Å². The Bertz CT molecular complexity index is 811. The van der Waals surface area contributed by atoms with Gasteiger partial charge in [0.15, 0.2) is 11.5 Å². The summed E-state index contributed by atoms with van der Waals surface area (Å²) in [6.45, 7) is 4.65. The number of nitrogens with zero attached hydrogens (tertiary/aromatic N) is 3. The van der Waals surface area contributed by atoms with E-state index in [-0.39, 0.29) is 11.6 Å². The maximum Gasteiger partial charge on any atom is 0.273 e. The van der Waals surface area contributed by atoms with Crippen LogP contribution in [0.4, 0.5) is 0 Å². The second kappa shape index (κ2) is 7.35. The third-order valence-electron chi connectivity index (χ3n) is 3.40. The predicted molar refractivity (Wildman–Crippen MR) is 92.0 cm³/mol. The van der Waals surface area contributed by atoms with E-state index in [1.807, 2.05) is 30.3 Å². The zero-order chi connectivity index (χ0) is 16.9. The molecule has 0 saturated heterocycles. The molecule has 2 heterocycles. The van der Waals surface area contributed by atoms with Gasteiger partial charge < -0.3 is 9.84 Å². The number of amides is 1. The van der Waals surface area contributed by atoms with E-state index in [0.717, 1.165) is 15.6 Å². The van der Waals surface area contributed by atoms with E-state index in [1.165, 1.54) is 0 Å². The molecule has 1 aromatic carbocycles. The largest absolute Gasteiger partial charge is 0.355 e. The fraction of sp³-hybridized carbons (Fsp3) is 0.294. The first-order valence-electron chi connectivity index (χ1n) is 7.76. The van der Waals surface area contributed by atoms with Crippen LogP contribution in [0.25, 0.3) is 11.3 Å². The molecule has 0 aliphatic rings. The molecule has 0 saturated carbocycles. The van der Waals surface area contributed by atoms with E-state index in [0.29, 0.717) is 24.6 Å². The van der Waals surface area contributed by atoms with Gasteiger partial charge in [-0.05, 0) is 0 Å². The van der Waals surface area contributed by atoms with Gasteiger partial charge in [-0.1, -0.05) is 49.3 Å². The van der Waals surface area contributed by atoms with Crippen LogP contribution in [-0.4, -0.2) is 27.8 Å². The zero-order valence-corrected chi connectivity index (χ0v) is 14.3. The summed E-state index contributed by atoms with van der Waals surface area (Å²) in [6, 6.07) is 11.2. The lowest BCUT2D eigenvalue weighted by Gasteiger charge is -1.99. The highest BCUT2D eigenvalue weighted by atomic mass is 32.1. The van der Waals surface area contributed by atoms with Crippen LogP contribution < -0.4 is 5.32 Å². The molecule has 0 aliphatic heterocycles. The van der Waals surface area contributed by atoms with Crippen LogP contribution >= 0.6 is 11.3 Å². The van der Waals surface area contributed by atoms with Crippen molar-refractivity contribution in [3.8, 4) is 11.3 Å². The fourth-order valence-corrected chi connectivity index (χ4v) is 2.94. The Labute approximate surface area is 143 Å². The van der Waals surface area contributed by atoms with Crippen molar-refractivity contribution >= 4 is 17.2 Å². The van der Waals surface area contributed by atoms with Gasteiger partial charge in [0, 0.05) is 30.5 Å². The van der Waals surface area contributed by atoms with Crippen molar-refractivity contribution in [2.24, 2.45) is 0 Å². The lowest BCUT2D eigenvalue weighted by atomic mass is 10.1. The Morgan fingerprint density at radius 2 is 2.04 bits per heavy atom. The smallest absolute Gasteiger partial charge is 0.273 e. The van der Waals surface area contributed by atoms with Crippen LogP contribution in [0.3, 0.4) is 0 Å². The minimum Gasteiger partial charge on any atom is -0.355 e. The summed E-state index contributed by atoms with van der Waals surface area (Å²) in [5, 5.41) is 16.9. The fourth-order valence-electron chi connectivity index (χ4n) is 2.10. The molecule has 0 bridgehead atoms. The van der Waals surface area contributed by atoms with Gasteiger partial charge in [0.2, 0.25) is 0 Å². The molecule has 124 valence electrons. The lowest BCUT2D eigenvalue weighted by Crippen LogP contribution is -2.25. The maximum absolute atomic E-state index is 12.1. The highest BCUT2D eigenvalue weighted by Crippen LogP contribution is 2.20. The molecule has 1 N–H and O–H groups in total. The Kier molecular flexibility index (Phi) is 5.00. The van der Waals surface area contributed by atoms with Gasteiger partial charge in [0.25, 0.3) is 5.91 Å². The van der Waals surface area contributed by atoms with Crippen LogP contribution in [-0.2, 0) is 6.42 Å². The number of rotatable bonds is 6. The molecule has 7 heteroatoms. The number of nitrogens with one attached hydrogen (secondary N) is 1. The normalized spacial score (nSPS) is 11.0. The van der Waals surface area contributed by atoms with Gasteiger partial charge in [-0.3, -0.25) is 4.79 Å². The number of hydrogen-bond donors (Lipinski definition) is 1. The first-order valence-corrected chi connectivity index (χ1v) is 8.57. The average Bonchev–Trinajstić information content (AvgIpc) is 3.25. The highest BCUT2D eigenvalue weighted by molar-refractivity contribution is 7.11. The van der Waals surface area contributed by atoms with Gasteiger partial charge in [-0.15, -0.1) is 21.5 Å². The van der Waals surface area contributed by atoms with Crippen LogP contribution in [0.5, 0.6) is 0 Å². The minimum absolute atomic E-state index is 0.255. The monoisotopic (exact) mass is 342 g/mol. The summed E-state index contributed by atoms with van der Waals surface area (Å²) in [7, 11) is 0. The third kappa shape index (κ3) is 3.86. The number of benzene rings is 1. The molecule has 0 fully saturated rings. The lowest BCUT2D eigenvalue weighted by molar-refractivity contribution is 0.0945. The summed E-state index contributed by atoms with van der Waals surface area (Å²) in [5.74, 6) is 0.693. The van der Waals surface area contributed by atoms with Crippen molar-refractivity contribution in [1.82, 2.24) is 20.7 Å². The number of carbonyl (C=O) groups excluding carboxylic acids is 1. The van der Waals surface area contributed by atoms with Crippen LogP contribution in [0, 0.1) is 0 Å².